The molecule has 0 radical (unpaired) electrons. The number of amides is 1. The van der Waals surface area contributed by atoms with Crippen LogP contribution in [0.1, 0.15) is 18.1 Å². The maximum atomic E-state index is 12.7. The number of thioether (sulfide) groups is 1. The van der Waals surface area contributed by atoms with Gasteiger partial charge in [0.15, 0.2) is 0 Å². The Morgan fingerprint density at radius 3 is 2.61 bits per heavy atom. The molecule has 3 aromatic carbocycles. The van der Waals surface area contributed by atoms with Crippen molar-refractivity contribution in [2.75, 3.05) is 11.1 Å². The summed E-state index contributed by atoms with van der Waals surface area (Å²) < 4.78 is 3.95. The number of tetrazole rings is 1. The Kier molecular flexibility index (Phi) is 5.60. The Morgan fingerprint density at radius 1 is 0.970 bits per heavy atom. The van der Waals surface area contributed by atoms with E-state index in [1.54, 1.807) is 4.68 Å². The lowest BCUT2D eigenvalue weighted by Gasteiger charge is -2.08. The number of rotatable bonds is 6. The van der Waals surface area contributed by atoms with Gasteiger partial charge in [-0.3, -0.25) is 4.79 Å². The van der Waals surface area contributed by atoms with Crippen molar-refractivity contribution >= 4 is 45.2 Å². The number of hydrogen-bond acceptors (Lipinski definition) is 5. The molecule has 0 spiro atoms. The minimum Gasteiger partial charge on any atom is -0.341 e. The lowest BCUT2D eigenvalue weighted by Crippen LogP contribution is -2.14. The molecule has 0 atom stereocenters. The van der Waals surface area contributed by atoms with Crippen molar-refractivity contribution in [3.05, 3.63) is 71.8 Å². The van der Waals surface area contributed by atoms with Crippen LogP contribution < -0.4 is 5.32 Å². The number of fused-ring (bicyclic) bond motifs is 3. The predicted molar refractivity (Wildman–Crippen MR) is 133 cm³/mol. The molecule has 5 rings (SSSR count). The summed E-state index contributed by atoms with van der Waals surface area (Å²) in [5.41, 5.74) is 6.39. The van der Waals surface area contributed by atoms with Crippen LogP contribution in [0.5, 0.6) is 0 Å². The first-order valence-electron chi connectivity index (χ1n) is 10.8. The third kappa shape index (κ3) is 3.98. The van der Waals surface area contributed by atoms with Crippen LogP contribution in [-0.4, -0.2) is 36.4 Å². The first-order chi connectivity index (χ1) is 16.0. The number of para-hydroxylation sites is 1. The van der Waals surface area contributed by atoms with E-state index >= 15 is 0 Å². The van der Waals surface area contributed by atoms with Crippen molar-refractivity contribution in [2.24, 2.45) is 0 Å². The zero-order valence-electron chi connectivity index (χ0n) is 18.7. The molecule has 7 nitrogen and oxygen atoms in total. The molecule has 33 heavy (non-hydrogen) atoms. The fourth-order valence-corrected chi connectivity index (χ4v) is 4.78. The summed E-state index contributed by atoms with van der Waals surface area (Å²) in [4.78, 5) is 12.7. The van der Waals surface area contributed by atoms with Crippen LogP contribution >= 0.6 is 11.8 Å². The van der Waals surface area contributed by atoms with E-state index in [1.807, 2.05) is 36.4 Å². The summed E-state index contributed by atoms with van der Waals surface area (Å²) in [6.07, 6.45) is 0. The largest absolute Gasteiger partial charge is 0.341 e. The molecule has 0 aliphatic rings. The number of nitrogens with zero attached hydrogens (tertiary/aromatic N) is 5. The Morgan fingerprint density at radius 2 is 1.79 bits per heavy atom. The van der Waals surface area contributed by atoms with Gasteiger partial charge in [0.2, 0.25) is 11.1 Å². The van der Waals surface area contributed by atoms with Gasteiger partial charge in [0.25, 0.3) is 0 Å². The molecule has 2 aromatic heterocycles. The van der Waals surface area contributed by atoms with Gasteiger partial charge >= 0.3 is 0 Å². The van der Waals surface area contributed by atoms with Crippen molar-refractivity contribution in [1.29, 1.82) is 0 Å². The average molecular weight is 457 g/mol. The number of anilines is 1. The van der Waals surface area contributed by atoms with Crippen LogP contribution in [0.4, 0.5) is 5.69 Å². The summed E-state index contributed by atoms with van der Waals surface area (Å²) in [5.74, 6) is 0.105. The molecule has 8 heteroatoms. The Labute approximate surface area is 195 Å². The molecule has 0 unspecified atom stereocenters. The minimum atomic E-state index is -0.104. The van der Waals surface area contributed by atoms with E-state index in [-0.39, 0.29) is 11.7 Å². The first kappa shape index (κ1) is 21.2. The molecule has 0 fully saturated rings. The number of benzene rings is 3. The molecular weight excluding hydrogens is 432 g/mol. The quantitative estimate of drug-likeness (QED) is 0.358. The van der Waals surface area contributed by atoms with Crippen LogP contribution in [0, 0.1) is 13.8 Å². The normalized spacial score (nSPS) is 11.4. The van der Waals surface area contributed by atoms with Crippen LogP contribution in [0.2, 0.25) is 0 Å². The molecular formula is C25H24N6OS. The number of aromatic nitrogens is 5. The Bertz CT molecular complexity index is 1490. The third-order valence-electron chi connectivity index (χ3n) is 5.88. The van der Waals surface area contributed by atoms with E-state index in [9.17, 15) is 4.79 Å². The highest BCUT2D eigenvalue weighted by Gasteiger charge is 2.14. The second kappa shape index (κ2) is 8.71. The molecule has 0 aliphatic carbocycles. The van der Waals surface area contributed by atoms with Crippen LogP contribution in [0.15, 0.2) is 65.8 Å². The number of hydrogen-bond donors (Lipinski definition) is 1. The van der Waals surface area contributed by atoms with Crippen molar-refractivity contribution in [2.45, 2.75) is 32.5 Å². The predicted octanol–water partition coefficient (Wildman–Crippen LogP) is 5.14. The van der Waals surface area contributed by atoms with Gasteiger partial charge in [0, 0.05) is 34.0 Å². The summed E-state index contributed by atoms with van der Waals surface area (Å²) in [6, 6.07) is 20.5. The number of nitrogens with one attached hydrogen (secondary N) is 1. The maximum Gasteiger partial charge on any atom is 0.234 e. The highest BCUT2D eigenvalue weighted by Crippen LogP contribution is 2.31. The van der Waals surface area contributed by atoms with Crippen LogP contribution in [0.25, 0.3) is 27.5 Å². The van der Waals surface area contributed by atoms with Gasteiger partial charge in [-0.25, -0.2) is 0 Å². The van der Waals surface area contributed by atoms with Crippen molar-refractivity contribution in [1.82, 2.24) is 24.8 Å². The molecule has 5 aromatic rings. The van der Waals surface area contributed by atoms with Crippen molar-refractivity contribution < 1.29 is 4.79 Å². The van der Waals surface area contributed by atoms with Gasteiger partial charge in [0.1, 0.15) is 0 Å². The molecule has 2 heterocycles. The first-order valence-corrected chi connectivity index (χ1v) is 11.8. The number of carbonyl (C=O) groups excluding carboxylic acids is 1. The van der Waals surface area contributed by atoms with Crippen LogP contribution in [0.3, 0.4) is 0 Å². The van der Waals surface area contributed by atoms with Crippen molar-refractivity contribution in [3.8, 4) is 5.69 Å². The Balaban J connectivity index is 1.33. The topological polar surface area (TPSA) is 77.6 Å². The number of carbonyl (C=O) groups is 1. The smallest absolute Gasteiger partial charge is 0.234 e. The molecule has 1 N–H and O–H groups in total. The fourth-order valence-electron chi connectivity index (χ4n) is 4.09. The summed E-state index contributed by atoms with van der Waals surface area (Å²) in [6.45, 7) is 7.15. The molecule has 166 valence electrons. The fraction of sp³-hybridized carbons (Fsp3) is 0.200. The van der Waals surface area contributed by atoms with Crippen molar-refractivity contribution in [3.63, 3.8) is 0 Å². The van der Waals surface area contributed by atoms with E-state index in [2.05, 4.69) is 70.4 Å². The zero-order chi connectivity index (χ0) is 22.9. The summed E-state index contributed by atoms with van der Waals surface area (Å²) in [7, 11) is 0. The SMILES string of the molecule is CCn1c2ccccc2c2cc(NC(=O)CSc3nnnn3-c3ccc(C)c(C)c3)ccc21. The second-order valence-electron chi connectivity index (χ2n) is 7.97. The second-order valence-corrected chi connectivity index (χ2v) is 8.91. The lowest BCUT2D eigenvalue weighted by atomic mass is 10.1. The minimum absolute atomic E-state index is 0.104. The van der Waals surface area contributed by atoms with Gasteiger partial charge in [0.05, 0.1) is 11.4 Å². The molecule has 0 aliphatic heterocycles. The van der Waals surface area contributed by atoms with Gasteiger partial charge in [-0.1, -0.05) is 36.0 Å². The Hall–Kier alpha value is -3.65. The highest BCUT2D eigenvalue weighted by atomic mass is 32.2. The van der Waals surface area contributed by atoms with E-state index in [0.29, 0.717) is 5.16 Å². The summed E-state index contributed by atoms with van der Waals surface area (Å²) in [5, 5.41) is 17.9. The molecule has 0 bridgehead atoms. The average Bonchev–Trinajstić information content (AvgIpc) is 3.41. The molecule has 1 amide bonds. The standard InChI is InChI=1S/C25H24N6OS/c1-4-30-22-8-6-5-7-20(22)21-14-18(10-12-23(21)30)26-24(32)15-33-25-27-28-29-31(25)19-11-9-16(2)17(3)13-19/h5-14H,4,15H2,1-3H3,(H,26,32). The van der Waals surface area contributed by atoms with Crippen LogP contribution in [-0.2, 0) is 11.3 Å². The van der Waals surface area contributed by atoms with Gasteiger partial charge in [-0.15, -0.1) is 5.10 Å². The highest BCUT2D eigenvalue weighted by molar-refractivity contribution is 7.99. The van der Waals surface area contributed by atoms with Gasteiger partial charge in [-0.05, 0) is 78.7 Å². The summed E-state index contributed by atoms with van der Waals surface area (Å²) >= 11 is 1.31. The van der Waals surface area contributed by atoms with E-state index in [1.165, 1.54) is 33.7 Å². The monoisotopic (exact) mass is 456 g/mol. The molecule has 0 saturated carbocycles. The van der Waals surface area contributed by atoms with E-state index in [0.717, 1.165) is 28.9 Å². The van der Waals surface area contributed by atoms with Gasteiger partial charge < -0.3 is 9.88 Å². The van der Waals surface area contributed by atoms with E-state index in [4.69, 9.17) is 0 Å². The number of aryl methyl sites for hydroxylation is 3. The zero-order valence-corrected chi connectivity index (χ0v) is 19.6. The van der Waals surface area contributed by atoms with E-state index < -0.39 is 0 Å². The maximum absolute atomic E-state index is 12.7. The lowest BCUT2D eigenvalue weighted by molar-refractivity contribution is -0.113. The van der Waals surface area contributed by atoms with Gasteiger partial charge in [-0.2, -0.15) is 4.68 Å². The third-order valence-corrected chi connectivity index (χ3v) is 6.80. The molecule has 0 saturated heterocycles.